The van der Waals surface area contributed by atoms with Crippen molar-refractivity contribution in [2.24, 2.45) is 0 Å². The number of carbonyl (C=O) groups is 1. The van der Waals surface area contributed by atoms with Crippen LogP contribution in [0.3, 0.4) is 0 Å². The van der Waals surface area contributed by atoms with Crippen LogP contribution < -0.4 is 21.1 Å². The molecule has 0 atom stereocenters. The number of hydrogen-bond donors (Lipinski definition) is 3. The zero-order valence-electron chi connectivity index (χ0n) is 14.7. The lowest BCUT2D eigenvalue weighted by atomic mass is 10.1. The molecule has 3 N–H and O–H groups in total. The fourth-order valence-corrected chi connectivity index (χ4v) is 2.34. The molecule has 0 spiro atoms. The number of thiocarbonyl (C=S) groups is 1. The van der Waals surface area contributed by atoms with E-state index in [1.54, 1.807) is 31.1 Å². The first-order valence-electron chi connectivity index (χ1n) is 7.82. The van der Waals surface area contributed by atoms with Gasteiger partial charge in [0.25, 0.3) is 11.6 Å². The molecule has 0 saturated carbocycles. The number of nitrogens with zero attached hydrogens (tertiary/aromatic N) is 2. The molecular weight excluding hydrogens is 373 g/mol. The summed E-state index contributed by atoms with van der Waals surface area (Å²) in [5.41, 5.74) is 6.20. The quantitative estimate of drug-likeness (QED) is 0.408. The van der Waals surface area contributed by atoms with Gasteiger partial charge in [0, 0.05) is 38.5 Å². The molecule has 0 aliphatic rings. The summed E-state index contributed by atoms with van der Waals surface area (Å²) in [6.07, 6.45) is 0. The van der Waals surface area contributed by atoms with Crippen LogP contribution in [-0.2, 0) is 6.54 Å². The van der Waals surface area contributed by atoms with Crippen molar-refractivity contribution in [3.8, 4) is 0 Å². The Morgan fingerprint density at radius 2 is 1.85 bits per heavy atom. The standard InChI is InChI=1S/C17H18FN5O3S/c1-22(2)15-8-7-13(23(25)26)9-14(15)16(24)20-21-17(27)19-10-11-3-5-12(18)6-4-11/h3-9H,10H2,1-2H3,(H,20,24)(H2,19,21,27). The van der Waals surface area contributed by atoms with Crippen molar-refractivity contribution in [2.45, 2.75) is 6.54 Å². The van der Waals surface area contributed by atoms with Gasteiger partial charge in [-0.1, -0.05) is 12.1 Å². The van der Waals surface area contributed by atoms with Crippen LogP contribution in [0.5, 0.6) is 0 Å². The minimum absolute atomic E-state index is 0.128. The molecule has 10 heteroatoms. The predicted molar refractivity (Wildman–Crippen MR) is 104 cm³/mol. The first kappa shape index (κ1) is 20.0. The number of nitrogens with one attached hydrogen (secondary N) is 3. The predicted octanol–water partition coefficient (Wildman–Crippen LogP) is 2.11. The van der Waals surface area contributed by atoms with E-state index in [1.807, 2.05) is 0 Å². The highest BCUT2D eigenvalue weighted by Gasteiger charge is 2.18. The Kier molecular flexibility index (Phi) is 6.61. The van der Waals surface area contributed by atoms with Gasteiger partial charge in [-0.25, -0.2) is 4.39 Å². The Labute approximate surface area is 160 Å². The van der Waals surface area contributed by atoms with Gasteiger partial charge in [0.1, 0.15) is 5.82 Å². The summed E-state index contributed by atoms with van der Waals surface area (Å²) in [5.74, 6) is -0.909. The molecule has 8 nitrogen and oxygen atoms in total. The third kappa shape index (κ3) is 5.61. The van der Waals surface area contributed by atoms with Crippen LogP contribution in [-0.4, -0.2) is 30.0 Å². The van der Waals surface area contributed by atoms with Gasteiger partial charge in [0.2, 0.25) is 0 Å². The molecule has 0 bridgehead atoms. The molecule has 2 aromatic carbocycles. The summed E-state index contributed by atoms with van der Waals surface area (Å²) in [6, 6.07) is 9.90. The summed E-state index contributed by atoms with van der Waals surface area (Å²) >= 11 is 5.07. The van der Waals surface area contributed by atoms with E-state index in [9.17, 15) is 19.3 Å². The monoisotopic (exact) mass is 391 g/mol. The van der Waals surface area contributed by atoms with Crippen LogP contribution in [0.15, 0.2) is 42.5 Å². The lowest BCUT2D eigenvalue weighted by Crippen LogP contribution is -2.46. The molecule has 0 aromatic heterocycles. The molecule has 142 valence electrons. The number of nitro benzene ring substituents is 1. The Bertz CT molecular complexity index is 858. The van der Waals surface area contributed by atoms with Crippen molar-refractivity contribution in [1.29, 1.82) is 0 Å². The maximum atomic E-state index is 12.9. The maximum absolute atomic E-state index is 12.9. The zero-order chi connectivity index (χ0) is 20.0. The van der Waals surface area contributed by atoms with Gasteiger partial charge >= 0.3 is 0 Å². The highest BCUT2D eigenvalue weighted by molar-refractivity contribution is 7.80. The number of anilines is 1. The SMILES string of the molecule is CN(C)c1ccc([N+](=O)[O-])cc1C(=O)NNC(=S)NCc1ccc(F)cc1. The number of carbonyl (C=O) groups excluding carboxylic acids is 1. The minimum atomic E-state index is -0.576. The second-order valence-corrected chi connectivity index (χ2v) is 6.15. The summed E-state index contributed by atoms with van der Waals surface area (Å²) in [6.45, 7) is 0.335. The van der Waals surface area contributed by atoms with E-state index in [-0.39, 0.29) is 22.2 Å². The van der Waals surface area contributed by atoms with Crippen molar-refractivity contribution in [1.82, 2.24) is 16.2 Å². The number of amides is 1. The van der Waals surface area contributed by atoms with Gasteiger partial charge in [-0.05, 0) is 36.0 Å². The second kappa shape index (κ2) is 8.90. The van der Waals surface area contributed by atoms with Gasteiger partial charge in [-0.3, -0.25) is 25.8 Å². The van der Waals surface area contributed by atoms with E-state index >= 15 is 0 Å². The molecule has 2 aromatic rings. The van der Waals surface area contributed by atoms with Gasteiger partial charge in [0.15, 0.2) is 5.11 Å². The molecule has 0 fully saturated rings. The van der Waals surface area contributed by atoms with E-state index in [4.69, 9.17) is 12.2 Å². The van der Waals surface area contributed by atoms with E-state index in [0.29, 0.717) is 12.2 Å². The number of non-ortho nitro benzene ring substituents is 1. The van der Waals surface area contributed by atoms with Crippen LogP contribution in [0.4, 0.5) is 15.8 Å². The largest absolute Gasteiger partial charge is 0.377 e. The van der Waals surface area contributed by atoms with Crippen LogP contribution >= 0.6 is 12.2 Å². The van der Waals surface area contributed by atoms with E-state index < -0.39 is 10.8 Å². The van der Waals surface area contributed by atoms with Gasteiger partial charge in [0.05, 0.1) is 10.5 Å². The molecule has 0 radical (unpaired) electrons. The summed E-state index contributed by atoms with van der Waals surface area (Å²) in [4.78, 5) is 24.5. The molecule has 0 aliphatic carbocycles. The van der Waals surface area contributed by atoms with E-state index in [0.717, 1.165) is 5.56 Å². The van der Waals surface area contributed by atoms with Crippen LogP contribution in [0.2, 0.25) is 0 Å². The fourth-order valence-electron chi connectivity index (χ4n) is 2.22. The molecule has 1 amide bonds. The molecule has 0 saturated heterocycles. The van der Waals surface area contributed by atoms with Crippen molar-refractivity contribution >= 4 is 34.6 Å². The van der Waals surface area contributed by atoms with Gasteiger partial charge < -0.3 is 10.2 Å². The lowest BCUT2D eigenvalue weighted by molar-refractivity contribution is -0.384. The van der Waals surface area contributed by atoms with Gasteiger partial charge in [-0.2, -0.15) is 0 Å². The topological polar surface area (TPSA) is 99.5 Å². The van der Waals surface area contributed by atoms with Crippen molar-refractivity contribution < 1.29 is 14.1 Å². The normalized spacial score (nSPS) is 10.0. The molecule has 0 unspecified atom stereocenters. The summed E-state index contributed by atoms with van der Waals surface area (Å²) in [5, 5.41) is 14.0. The maximum Gasteiger partial charge on any atom is 0.272 e. The van der Waals surface area contributed by atoms with Crippen molar-refractivity contribution in [3.63, 3.8) is 0 Å². The number of halogens is 1. The third-order valence-corrected chi connectivity index (χ3v) is 3.82. The van der Waals surface area contributed by atoms with Crippen LogP contribution in [0.25, 0.3) is 0 Å². The zero-order valence-corrected chi connectivity index (χ0v) is 15.5. The van der Waals surface area contributed by atoms with Crippen LogP contribution in [0, 0.1) is 15.9 Å². The van der Waals surface area contributed by atoms with Crippen LogP contribution in [0.1, 0.15) is 15.9 Å². The average Bonchev–Trinajstić information content (AvgIpc) is 2.64. The van der Waals surface area contributed by atoms with Crippen molar-refractivity contribution in [3.05, 3.63) is 69.5 Å². The number of rotatable bonds is 5. The highest BCUT2D eigenvalue weighted by Crippen LogP contribution is 2.23. The number of benzene rings is 2. The summed E-state index contributed by atoms with van der Waals surface area (Å²) in [7, 11) is 3.44. The molecular formula is C17H18FN5O3S. The fraction of sp³-hybridized carbons (Fsp3) is 0.176. The number of hydrazine groups is 1. The Balaban J connectivity index is 1.98. The lowest BCUT2D eigenvalue weighted by Gasteiger charge is -2.17. The number of hydrogen-bond acceptors (Lipinski definition) is 5. The molecule has 0 aliphatic heterocycles. The molecule has 27 heavy (non-hydrogen) atoms. The van der Waals surface area contributed by atoms with E-state index in [1.165, 1.54) is 30.3 Å². The Hall–Kier alpha value is -3.27. The first-order chi connectivity index (χ1) is 12.8. The molecule has 2 rings (SSSR count). The number of nitro groups is 1. The smallest absolute Gasteiger partial charge is 0.272 e. The second-order valence-electron chi connectivity index (χ2n) is 5.74. The highest BCUT2D eigenvalue weighted by atomic mass is 32.1. The first-order valence-corrected chi connectivity index (χ1v) is 8.23. The average molecular weight is 391 g/mol. The van der Waals surface area contributed by atoms with Gasteiger partial charge in [-0.15, -0.1) is 0 Å². The third-order valence-electron chi connectivity index (χ3n) is 3.57. The summed E-state index contributed by atoms with van der Waals surface area (Å²) < 4.78 is 12.9. The van der Waals surface area contributed by atoms with Crippen molar-refractivity contribution in [2.75, 3.05) is 19.0 Å². The Morgan fingerprint density at radius 1 is 1.19 bits per heavy atom. The van der Waals surface area contributed by atoms with E-state index in [2.05, 4.69) is 16.2 Å². The molecule has 0 heterocycles. The minimum Gasteiger partial charge on any atom is -0.377 e. The Morgan fingerprint density at radius 3 is 2.44 bits per heavy atom.